The van der Waals surface area contributed by atoms with E-state index in [-0.39, 0.29) is 0 Å². The first-order valence-corrected chi connectivity index (χ1v) is 14.8. The molecule has 2 unspecified atom stereocenters. The van der Waals surface area contributed by atoms with Gasteiger partial charge in [-0.2, -0.15) is 0 Å². The van der Waals surface area contributed by atoms with Crippen LogP contribution >= 0.6 is 0 Å². The Balaban J connectivity index is 2.22. The predicted molar refractivity (Wildman–Crippen MR) is 142 cm³/mol. The molecule has 0 aliphatic carbocycles. The molecule has 1 rings (SSSR count). The second-order valence-electron chi connectivity index (χ2n) is 10.5. The SMILES string of the molecule is CCCCCCCCCCCCCCC(C)[n+]1cc[nH]c1C(CCC)CCCCCCC. The number of nitrogens with zero attached hydrogens (tertiary/aromatic N) is 1. The maximum absolute atomic E-state index is 3.63. The average molecular weight is 448 g/mol. The van der Waals surface area contributed by atoms with Crippen LogP contribution in [0.15, 0.2) is 12.4 Å². The van der Waals surface area contributed by atoms with Crippen LogP contribution in [-0.4, -0.2) is 4.98 Å². The van der Waals surface area contributed by atoms with Crippen LogP contribution in [0.1, 0.15) is 180 Å². The first-order valence-electron chi connectivity index (χ1n) is 14.8. The van der Waals surface area contributed by atoms with E-state index in [0.717, 1.165) is 0 Å². The van der Waals surface area contributed by atoms with Crippen LogP contribution in [0.5, 0.6) is 0 Å². The Labute approximate surface area is 202 Å². The minimum atomic E-state index is 0.624. The lowest BCUT2D eigenvalue weighted by Gasteiger charge is -2.16. The van der Waals surface area contributed by atoms with E-state index in [4.69, 9.17) is 0 Å². The summed E-state index contributed by atoms with van der Waals surface area (Å²) < 4.78 is 2.57. The summed E-state index contributed by atoms with van der Waals surface area (Å²) in [5, 5.41) is 0. The van der Waals surface area contributed by atoms with Gasteiger partial charge in [0.1, 0.15) is 12.4 Å². The quantitative estimate of drug-likeness (QED) is 0.127. The van der Waals surface area contributed by atoms with E-state index in [1.807, 2.05) is 0 Å². The van der Waals surface area contributed by atoms with Gasteiger partial charge >= 0.3 is 0 Å². The number of rotatable bonds is 23. The summed E-state index contributed by atoms with van der Waals surface area (Å²) in [5.74, 6) is 2.20. The molecule has 0 spiro atoms. The van der Waals surface area contributed by atoms with E-state index in [1.165, 1.54) is 141 Å². The summed E-state index contributed by atoms with van der Waals surface area (Å²) in [7, 11) is 0. The van der Waals surface area contributed by atoms with E-state index in [1.54, 1.807) is 0 Å². The van der Waals surface area contributed by atoms with E-state index in [0.29, 0.717) is 12.0 Å². The number of hydrogen-bond acceptors (Lipinski definition) is 0. The van der Waals surface area contributed by atoms with Gasteiger partial charge in [0, 0.05) is 0 Å². The Morgan fingerprint density at radius 1 is 0.594 bits per heavy atom. The van der Waals surface area contributed by atoms with Crippen molar-refractivity contribution < 1.29 is 4.57 Å². The Hall–Kier alpha value is -0.790. The average Bonchev–Trinajstić information content (AvgIpc) is 3.29. The Morgan fingerprint density at radius 3 is 1.56 bits per heavy atom. The molecule has 2 nitrogen and oxygen atoms in total. The fourth-order valence-corrected chi connectivity index (χ4v) is 5.25. The summed E-state index contributed by atoms with van der Waals surface area (Å²) in [4.78, 5) is 3.63. The summed E-state index contributed by atoms with van der Waals surface area (Å²) in [6.07, 6.45) is 33.9. The topological polar surface area (TPSA) is 19.7 Å². The lowest BCUT2D eigenvalue weighted by molar-refractivity contribution is -0.727. The van der Waals surface area contributed by atoms with Crippen LogP contribution < -0.4 is 4.57 Å². The number of imidazole rings is 1. The molecule has 32 heavy (non-hydrogen) atoms. The Morgan fingerprint density at radius 2 is 1.06 bits per heavy atom. The van der Waals surface area contributed by atoms with Crippen LogP contribution in [0.4, 0.5) is 0 Å². The van der Waals surface area contributed by atoms with Crippen molar-refractivity contribution in [3.05, 3.63) is 18.2 Å². The zero-order valence-electron chi connectivity index (χ0n) is 22.6. The summed E-state index contributed by atoms with van der Waals surface area (Å²) in [5.41, 5.74) is 0. The first kappa shape index (κ1) is 29.2. The number of H-pyrrole nitrogens is 1. The molecule has 0 aliphatic heterocycles. The second kappa shape index (κ2) is 20.8. The molecular formula is C30H59N2+. The molecule has 0 bridgehead atoms. The molecule has 1 aromatic heterocycles. The number of nitrogens with one attached hydrogen (secondary N) is 1. The molecule has 1 heterocycles. The number of aromatic nitrogens is 2. The normalized spacial score (nSPS) is 13.5. The van der Waals surface area contributed by atoms with Crippen molar-refractivity contribution in [1.29, 1.82) is 0 Å². The predicted octanol–water partition coefficient (Wildman–Crippen LogP) is 10.2. The Bertz CT molecular complexity index is 507. The van der Waals surface area contributed by atoms with Crippen LogP contribution in [-0.2, 0) is 0 Å². The third-order valence-corrected chi connectivity index (χ3v) is 7.37. The zero-order valence-corrected chi connectivity index (χ0v) is 22.6. The lowest BCUT2D eigenvalue weighted by atomic mass is 9.94. The van der Waals surface area contributed by atoms with Crippen molar-refractivity contribution in [1.82, 2.24) is 4.98 Å². The molecule has 0 saturated heterocycles. The van der Waals surface area contributed by atoms with E-state index < -0.39 is 0 Å². The maximum Gasteiger partial charge on any atom is 0.257 e. The van der Waals surface area contributed by atoms with Crippen LogP contribution in [0.25, 0.3) is 0 Å². The van der Waals surface area contributed by atoms with Crippen molar-refractivity contribution in [3.63, 3.8) is 0 Å². The summed E-state index contributed by atoms with van der Waals surface area (Å²) >= 11 is 0. The van der Waals surface area contributed by atoms with Gasteiger partial charge in [-0.1, -0.05) is 130 Å². The molecule has 1 aromatic rings. The van der Waals surface area contributed by atoms with Crippen molar-refractivity contribution >= 4 is 0 Å². The van der Waals surface area contributed by atoms with Gasteiger partial charge in [-0.05, 0) is 32.6 Å². The molecular weight excluding hydrogens is 388 g/mol. The van der Waals surface area contributed by atoms with Gasteiger partial charge in [0.2, 0.25) is 0 Å². The first-order chi connectivity index (χ1) is 15.7. The summed E-state index contributed by atoms with van der Waals surface area (Å²) in [6.45, 7) is 9.38. The van der Waals surface area contributed by atoms with Crippen LogP contribution in [0.3, 0.4) is 0 Å². The molecule has 2 atom stereocenters. The highest BCUT2D eigenvalue weighted by molar-refractivity contribution is 4.90. The molecule has 0 saturated carbocycles. The molecule has 0 amide bonds. The van der Waals surface area contributed by atoms with E-state index in [2.05, 4.69) is 49.6 Å². The smallest absolute Gasteiger partial charge is 0.247 e. The minimum absolute atomic E-state index is 0.624. The number of hydrogen-bond donors (Lipinski definition) is 1. The van der Waals surface area contributed by atoms with Crippen molar-refractivity contribution in [3.8, 4) is 0 Å². The van der Waals surface area contributed by atoms with E-state index in [9.17, 15) is 0 Å². The molecule has 0 fully saturated rings. The molecule has 1 N–H and O–H groups in total. The van der Waals surface area contributed by atoms with E-state index >= 15 is 0 Å². The lowest BCUT2D eigenvalue weighted by Crippen LogP contribution is -2.41. The van der Waals surface area contributed by atoms with Gasteiger partial charge in [-0.15, -0.1) is 0 Å². The Kier molecular flexibility index (Phi) is 19.0. The van der Waals surface area contributed by atoms with Gasteiger partial charge in [0.25, 0.3) is 5.82 Å². The highest BCUT2D eigenvalue weighted by atomic mass is 15.1. The highest BCUT2D eigenvalue weighted by Crippen LogP contribution is 2.26. The van der Waals surface area contributed by atoms with Gasteiger partial charge in [-0.25, -0.2) is 9.55 Å². The monoisotopic (exact) mass is 447 g/mol. The highest BCUT2D eigenvalue weighted by Gasteiger charge is 2.24. The van der Waals surface area contributed by atoms with Crippen molar-refractivity contribution in [2.75, 3.05) is 0 Å². The second-order valence-corrected chi connectivity index (χ2v) is 10.5. The minimum Gasteiger partial charge on any atom is -0.247 e. The van der Waals surface area contributed by atoms with Crippen molar-refractivity contribution in [2.45, 2.75) is 174 Å². The third-order valence-electron chi connectivity index (χ3n) is 7.37. The van der Waals surface area contributed by atoms with Crippen molar-refractivity contribution in [2.24, 2.45) is 0 Å². The van der Waals surface area contributed by atoms with Gasteiger partial charge in [-0.3, -0.25) is 0 Å². The fourth-order valence-electron chi connectivity index (χ4n) is 5.25. The van der Waals surface area contributed by atoms with Gasteiger partial charge in [0.15, 0.2) is 0 Å². The van der Waals surface area contributed by atoms with Gasteiger partial charge in [0.05, 0.1) is 12.0 Å². The maximum atomic E-state index is 3.63. The number of aromatic amines is 1. The molecule has 0 aromatic carbocycles. The van der Waals surface area contributed by atoms with Gasteiger partial charge < -0.3 is 0 Å². The molecule has 0 radical (unpaired) electrons. The van der Waals surface area contributed by atoms with Crippen LogP contribution in [0, 0.1) is 0 Å². The number of unbranched alkanes of at least 4 members (excludes halogenated alkanes) is 15. The molecule has 2 heteroatoms. The van der Waals surface area contributed by atoms with Crippen LogP contribution in [0.2, 0.25) is 0 Å². The summed E-state index contributed by atoms with van der Waals surface area (Å²) in [6, 6.07) is 0.624. The third kappa shape index (κ3) is 13.7. The zero-order chi connectivity index (χ0) is 23.3. The molecule has 0 aliphatic rings. The molecule has 188 valence electrons. The fraction of sp³-hybridized carbons (Fsp3) is 0.900. The standard InChI is InChI=1S/C30H58N2/c1-5-8-10-12-13-14-15-16-17-18-20-21-24-28(4)32-27-26-31-30(32)29(23-7-3)25-22-19-11-9-6-2/h26-29H,5-25H2,1-4H3/p+1. The largest absolute Gasteiger partial charge is 0.257 e.